The van der Waals surface area contributed by atoms with Gasteiger partial charge in [0, 0.05) is 11.0 Å². The topological polar surface area (TPSA) is 188 Å². The van der Waals surface area contributed by atoms with E-state index < -0.39 is 46.8 Å². The zero-order valence-electron chi connectivity index (χ0n) is 17.3. The van der Waals surface area contributed by atoms with Gasteiger partial charge in [0.15, 0.2) is 6.61 Å². The Morgan fingerprint density at radius 1 is 1.29 bits per heavy atom. The van der Waals surface area contributed by atoms with Gasteiger partial charge < -0.3 is 20.3 Å². The molecule has 1 aromatic carbocycles. The number of carboxylic acids is 2. The van der Waals surface area contributed by atoms with Crippen LogP contribution in [0.1, 0.15) is 6.42 Å². The molecule has 34 heavy (non-hydrogen) atoms. The van der Waals surface area contributed by atoms with Crippen molar-refractivity contribution < 1.29 is 34.1 Å². The van der Waals surface area contributed by atoms with Crippen molar-refractivity contribution in [3.63, 3.8) is 0 Å². The van der Waals surface area contributed by atoms with Gasteiger partial charge in [0.25, 0.3) is 11.8 Å². The van der Waals surface area contributed by atoms with Crippen LogP contribution >= 0.6 is 23.5 Å². The Kier molecular flexibility index (Phi) is 7.02. The third-order valence-electron chi connectivity index (χ3n) is 4.95. The van der Waals surface area contributed by atoms with Crippen LogP contribution in [0.2, 0.25) is 0 Å². The van der Waals surface area contributed by atoms with Crippen molar-refractivity contribution in [3.05, 3.63) is 41.6 Å². The number of carbonyl (C=O) groups excluding carboxylic acids is 2. The average Bonchev–Trinajstić information content (AvgIpc) is 3.33. The fourth-order valence-electron chi connectivity index (χ4n) is 3.49. The third-order valence-corrected chi connectivity index (χ3v) is 7.37. The molecule has 0 spiro atoms. The molecule has 0 saturated carbocycles. The number of β-lactam (4-membered cyclic amide) rings is 1. The first-order chi connectivity index (χ1) is 16.3. The average molecular weight is 507 g/mol. The summed E-state index contributed by atoms with van der Waals surface area (Å²) in [6, 6.07) is 7.77. The highest BCUT2D eigenvalue weighted by atomic mass is 32.2. The maximum atomic E-state index is 12.8. The number of hydrogen-bond donors (Lipinski definition) is 4. The van der Waals surface area contributed by atoms with E-state index in [0.717, 1.165) is 16.7 Å². The molecule has 0 radical (unpaired) electrons. The normalized spacial score (nSPS) is 20.2. The Labute approximate surface area is 200 Å². The van der Waals surface area contributed by atoms with Crippen LogP contribution in [0, 0.1) is 0 Å². The molecule has 4 N–H and O–H groups in total. The van der Waals surface area contributed by atoms with Gasteiger partial charge in [-0.15, -0.1) is 22.0 Å². The first kappa shape index (κ1) is 23.6. The second-order valence-corrected chi connectivity index (χ2v) is 9.41. The lowest BCUT2D eigenvalue weighted by molar-refractivity contribution is -0.151. The van der Waals surface area contributed by atoms with Crippen LogP contribution in [0.3, 0.4) is 0 Å². The summed E-state index contributed by atoms with van der Waals surface area (Å²) in [4.78, 5) is 49.7. The number of tetrazole rings is 1. The van der Waals surface area contributed by atoms with Gasteiger partial charge in [0.1, 0.15) is 22.9 Å². The van der Waals surface area contributed by atoms with Crippen molar-refractivity contribution in [3.8, 4) is 5.75 Å². The lowest BCUT2D eigenvalue weighted by atomic mass is 10.0. The van der Waals surface area contributed by atoms with Crippen LogP contribution in [0.5, 0.6) is 5.75 Å². The van der Waals surface area contributed by atoms with Gasteiger partial charge in [-0.2, -0.15) is 5.21 Å². The zero-order chi connectivity index (χ0) is 24.2. The molecule has 2 aliphatic rings. The van der Waals surface area contributed by atoms with E-state index in [1.807, 2.05) is 0 Å². The number of para-hydroxylation sites is 1. The molecule has 15 heteroatoms. The minimum Gasteiger partial charge on any atom is -0.484 e. The number of amides is 2. The van der Waals surface area contributed by atoms with Gasteiger partial charge in [-0.05, 0) is 22.9 Å². The fourth-order valence-corrected chi connectivity index (χ4v) is 6.02. The Morgan fingerprint density at radius 3 is 2.71 bits per heavy atom. The highest BCUT2D eigenvalue weighted by Crippen LogP contribution is 2.44. The summed E-state index contributed by atoms with van der Waals surface area (Å²) in [5.74, 6) is -3.00. The van der Waals surface area contributed by atoms with Crippen LogP contribution in [-0.2, 0) is 19.2 Å². The number of aromatic amines is 1. The number of carboxylic acid groups (broad SMARTS) is 2. The van der Waals surface area contributed by atoms with Gasteiger partial charge in [0.2, 0.25) is 5.16 Å². The van der Waals surface area contributed by atoms with E-state index in [1.165, 1.54) is 11.8 Å². The van der Waals surface area contributed by atoms with Crippen molar-refractivity contribution in [2.24, 2.45) is 0 Å². The first-order valence-electron chi connectivity index (χ1n) is 9.85. The van der Waals surface area contributed by atoms with Crippen LogP contribution < -0.4 is 10.1 Å². The highest BCUT2D eigenvalue weighted by molar-refractivity contribution is 8.01. The van der Waals surface area contributed by atoms with E-state index >= 15 is 0 Å². The Hall–Kier alpha value is -3.59. The second kappa shape index (κ2) is 10.1. The zero-order valence-corrected chi connectivity index (χ0v) is 18.9. The smallest absolute Gasteiger partial charge is 0.352 e. The monoisotopic (exact) mass is 506 g/mol. The molecule has 1 fully saturated rings. The molecule has 1 aromatic heterocycles. The largest absolute Gasteiger partial charge is 0.484 e. The number of ether oxygens (including phenoxy) is 1. The summed E-state index contributed by atoms with van der Waals surface area (Å²) >= 11 is 2.18. The predicted molar refractivity (Wildman–Crippen MR) is 118 cm³/mol. The second-order valence-electron chi connectivity index (χ2n) is 7.13. The van der Waals surface area contributed by atoms with Crippen LogP contribution in [0.4, 0.5) is 0 Å². The lowest BCUT2D eigenvalue weighted by Gasteiger charge is -2.50. The summed E-state index contributed by atoms with van der Waals surface area (Å²) in [6.45, 7) is -0.305. The summed E-state index contributed by atoms with van der Waals surface area (Å²) in [7, 11) is 0. The van der Waals surface area contributed by atoms with E-state index in [1.54, 1.807) is 30.3 Å². The molecule has 13 nitrogen and oxygen atoms in total. The molecule has 178 valence electrons. The van der Waals surface area contributed by atoms with E-state index in [2.05, 4.69) is 25.9 Å². The maximum absolute atomic E-state index is 12.8. The molecule has 0 aliphatic carbocycles. The molecule has 2 unspecified atom stereocenters. The molecular weight excluding hydrogens is 488 g/mol. The number of nitrogens with zero attached hydrogens (tertiary/aromatic N) is 4. The van der Waals surface area contributed by atoms with Crippen molar-refractivity contribution >= 4 is 47.3 Å². The van der Waals surface area contributed by atoms with Crippen LogP contribution in [-0.4, -0.2) is 88.5 Å². The molecule has 2 aromatic rings. The number of aliphatic carboxylic acids is 2. The van der Waals surface area contributed by atoms with Gasteiger partial charge in [-0.1, -0.05) is 30.0 Å². The lowest BCUT2D eigenvalue weighted by Crippen LogP contribution is -2.71. The quantitative estimate of drug-likeness (QED) is 0.249. The number of benzene rings is 1. The van der Waals surface area contributed by atoms with Gasteiger partial charge >= 0.3 is 11.9 Å². The molecule has 4 rings (SSSR count). The SMILES string of the molecule is O=C(O)CC(Sc1nn[nH]n1)C1=C(C(=O)O)N2C(=O)C(NC(=O)COc3ccccc3)[C@@H]2SC1. The number of carbonyl (C=O) groups is 4. The van der Waals surface area contributed by atoms with Crippen molar-refractivity contribution in [1.82, 2.24) is 30.8 Å². The third kappa shape index (κ3) is 4.99. The van der Waals surface area contributed by atoms with Crippen molar-refractivity contribution in [2.75, 3.05) is 12.4 Å². The summed E-state index contributed by atoms with van der Waals surface area (Å²) in [5, 5.41) is 33.7. The number of thioether (sulfide) groups is 2. The first-order valence-corrected chi connectivity index (χ1v) is 11.8. The van der Waals surface area contributed by atoms with Crippen LogP contribution in [0.15, 0.2) is 46.8 Å². The number of H-pyrrole nitrogens is 1. The van der Waals surface area contributed by atoms with E-state index in [4.69, 9.17) is 4.74 Å². The van der Waals surface area contributed by atoms with Gasteiger partial charge in [0.05, 0.1) is 6.42 Å². The van der Waals surface area contributed by atoms with Crippen molar-refractivity contribution in [1.29, 1.82) is 0 Å². The standard InChI is InChI=1S/C19H18N6O7S2/c26-12(7-32-9-4-2-1-3-5-9)20-14-16(29)25-15(18(30)31)10(8-33-17(14)25)11(6-13(27)28)34-19-21-23-24-22-19/h1-5,11,14,17H,6-8H2,(H,20,26)(H,27,28)(H,30,31)(H,21,22,23,24)/t11?,14?,17-/m0/s1. The Bertz CT molecular complexity index is 1130. The highest BCUT2D eigenvalue weighted by Gasteiger charge is 2.55. The van der Waals surface area contributed by atoms with Gasteiger partial charge in [-0.25, -0.2) is 4.79 Å². The fraction of sp³-hybridized carbons (Fsp3) is 0.316. The Morgan fingerprint density at radius 2 is 2.06 bits per heavy atom. The minimum absolute atomic E-state index is 0.145. The number of fused-ring (bicyclic) bond motifs is 1. The number of nitrogens with one attached hydrogen (secondary N) is 2. The molecule has 3 atom stereocenters. The predicted octanol–water partition coefficient (Wildman–Crippen LogP) is -0.0473. The molecule has 1 saturated heterocycles. The van der Waals surface area contributed by atoms with E-state index in [-0.39, 0.29) is 28.8 Å². The number of aromatic nitrogens is 4. The molecule has 0 bridgehead atoms. The molecule has 3 heterocycles. The molecule has 2 aliphatic heterocycles. The number of hydrogen-bond acceptors (Lipinski definition) is 10. The Balaban J connectivity index is 1.48. The van der Waals surface area contributed by atoms with E-state index in [0.29, 0.717) is 5.75 Å². The van der Waals surface area contributed by atoms with Crippen LogP contribution in [0.25, 0.3) is 0 Å². The number of rotatable bonds is 10. The molecular formula is C19H18N6O7S2. The minimum atomic E-state index is -1.37. The van der Waals surface area contributed by atoms with E-state index in [9.17, 15) is 29.4 Å². The summed E-state index contributed by atoms with van der Waals surface area (Å²) in [5.41, 5.74) is -0.0292. The summed E-state index contributed by atoms with van der Waals surface area (Å²) < 4.78 is 5.38. The maximum Gasteiger partial charge on any atom is 0.352 e. The molecule has 2 amide bonds. The van der Waals surface area contributed by atoms with Crippen molar-refractivity contribution in [2.45, 2.75) is 28.2 Å². The van der Waals surface area contributed by atoms with Gasteiger partial charge in [-0.3, -0.25) is 19.3 Å². The summed E-state index contributed by atoms with van der Waals surface area (Å²) in [6.07, 6.45) is -0.407.